The second-order valence-corrected chi connectivity index (χ2v) is 7.12. The maximum Gasteiger partial charge on any atom is 0.328 e. The number of para-hydroxylation sites is 1. The van der Waals surface area contributed by atoms with Gasteiger partial charge < -0.3 is 5.32 Å². The number of amides is 1. The van der Waals surface area contributed by atoms with Gasteiger partial charge in [0.05, 0.1) is 10.9 Å². The lowest BCUT2D eigenvalue weighted by atomic mass is 9.78. The van der Waals surface area contributed by atoms with E-state index in [1.807, 2.05) is 0 Å². The average molecular weight is 343 g/mol. The van der Waals surface area contributed by atoms with Crippen LogP contribution in [0.25, 0.3) is 10.9 Å². The van der Waals surface area contributed by atoms with Gasteiger partial charge in [0.25, 0.3) is 5.56 Å². The summed E-state index contributed by atoms with van der Waals surface area (Å²) in [6.45, 7) is 4.67. The molecule has 2 aromatic rings. The van der Waals surface area contributed by atoms with E-state index in [2.05, 4.69) is 24.1 Å². The Bertz CT molecular complexity index is 883. The summed E-state index contributed by atoms with van der Waals surface area (Å²) in [6.07, 6.45) is 3.58. The molecule has 0 aliphatic heterocycles. The average Bonchev–Trinajstić information content (AvgIpc) is 2.59. The summed E-state index contributed by atoms with van der Waals surface area (Å²) in [4.78, 5) is 38.7. The third-order valence-electron chi connectivity index (χ3n) is 5.52. The minimum absolute atomic E-state index is 0.0480. The van der Waals surface area contributed by atoms with E-state index in [0.717, 1.165) is 12.8 Å². The number of carbonyl (C=O) groups is 1. The standard InChI is InChI=1S/C19H25N3O3/c1-12-6-5-8-15(13(12)2)20-17(23)10-11-22-16-9-4-3-7-14(16)18(24)21-19(22)25/h3-4,7,9,12-13,15H,5-6,8,10-11H2,1-2H3,(H,20,23)(H,21,24,25)/t12-,13+,15+/m1/s1. The van der Waals surface area contributed by atoms with Crippen molar-refractivity contribution in [2.45, 2.75) is 52.1 Å². The molecule has 1 aromatic heterocycles. The van der Waals surface area contributed by atoms with Crippen molar-refractivity contribution in [2.24, 2.45) is 11.8 Å². The second-order valence-electron chi connectivity index (χ2n) is 7.12. The van der Waals surface area contributed by atoms with Gasteiger partial charge in [-0.1, -0.05) is 38.8 Å². The van der Waals surface area contributed by atoms with Crippen LogP contribution in [0.5, 0.6) is 0 Å². The molecule has 1 aliphatic rings. The van der Waals surface area contributed by atoms with Crippen molar-refractivity contribution in [3.05, 3.63) is 45.1 Å². The maximum atomic E-state index is 12.4. The quantitative estimate of drug-likeness (QED) is 0.891. The summed E-state index contributed by atoms with van der Waals surface area (Å²) in [5.74, 6) is 1.03. The zero-order valence-electron chi connectivity index (χ0n) is 14.7. The fraction of sp³-hybridized carbons (Fsp3) is 0.526. The number of hydrogen-bond donors (Lipinski definition) is 2. The molecule has 0 unspecified atom stereocenters. The van der Waals surface area contributed by atoms with Crippen LogP contribution < -0.4 is 16.6 Å². The molecule has 0 saturated heterocycles. The van der Waals surface area contributed by atoms with Crippen LogP contribution in [0.1, 0.15) is 39.5 Å². The smallest absolute Gasteiger partial charge is 0.328 e. The predicted molar refractivity (Wildman–Crippen MR) is 97.6 cm³/mol. The van der Waals surface area contributed by atoms with Crippen molar-refractivity contribution >= 4 is 16.8 Å². The number of carbonyl (C=O) groups excluding carboxylic acids is 1. The first-order chi connectivity index (χ1) is 12.0. The number of nitrogens with zero attached hydrogens (tertiary/aromatic N) is 1. The molecule has 1 aliphatic carbocycles. The highest BCUT2D eigenvalue weighted by Crippen LogP contribution is 2.29. The van der Waals surface area contributed by atoms with Crippen molar-refractivity contribution in [1.29, 1.82) is 0 Å². The number of rotatable bonds is 4. The maximum absolute atomic E-state index is 12.4. The van der Waals surface area contributed by atoms with E-state index in [1.54, 1.807) is 24.3 Å². The Labute approximate surface area is 146 Å². The highest BCUT2D eigenvalue weighted by Gasteiger charge is 2.27. The zero-order chi connectivity index (χ0) is 18.0. The van der Waals surface area contributed by atoms with Gasteiger partial charge >= 0.3 is 5.69 Å². The lowest BCUT2D eigenvalue weighted by Crippen LogP contribution is -2.44. The fourth-order valence-electron chi connectivity index (χ4n) is 3.74. The van der Waals surface area contributed by atoms with E-state index >= 15 is 0 Å². The van der Waals surface area contributed by atoms with Crippen LogP contribution in [0.15, 0.2) is 33.9 Å². The van der Waals surface area contributed by atoms with Crippen molar-refractivity contribution in [1.82, 2.24) is 14.9 Å². The van der Waals surface area contributed by atoms with Crippen LogP contribution in [0.2, 0.25) is 0 Å². The van der Waals surface area contributed by atoms with E-state index in [0.29, 0.717) is 22.7 Å². The molecule has 2 N–H and O–H groups in total. The van der Waals surface area contributed by atoms with Crippen LogP contribution in [0.4, 0.5) is 0 Å². The zero-order valence-corrected chi connectivity index (χ0v) is 14.7. The van der Waals surface area contributed by atoms with Gasteiger partial charge in [-0.15, -0.1) is 0 Å². The molecular weight excluding hydrogens is 318 g/mol. The minimum atomic E-state index is -0.476. The number of fused-ring (bicyclic) bond motifs is 1. The third-order valence-corrected chi connectivity index (χ3v) is 5.52. The molecule has 134 valence electrons. The van der Waals surface area contributed by atoms with Crippen LogP contribution >= 0.6 is 0 Å². The second kappa shape index (κ2) is 7.25. The van der Waals surface area contributed by atoms with Crippen LogP contribution in [0, 0.1) is 11.8 Å². The molecule has 6 heteroatoms. The molecule has 1 saturated carbocycles. The monoisotopic (exact) mass is 343 g/mol. The molecule has 6 nitrogen and oxygen atoms in total. The van der Waals surface area contributed by atoms with Gasteiger partial charge in [0.2, 0.25) is 5.91 Å². The van der Waals surface area contributed by atoms with Crippen molar-refractivity contribution in [3.8, 4) is 0 Å². The molecule has 0 spiro atoms. The summed E-state index contributed by atoms with van der Waals surface area (Å²) in [6, 6.07) is 7.15. The molecule has 25 heavy (non-hydrogen) atoms. The Balaban J connectivity index is 1.72. The number of hydrogen-bond acceptors (Lipinski definition) is 3. The Morgan fingerprint density at radius 3 is 2.80 bits per heavy atom. The summed E-state index contributed by atoms with van der Waals surface area (Å²) in [5, 5.41) is 3.58. The predicted octanol–water partition coefficient (Wildman–Crippen LogP) is 2.02. The topological polar surface area (TPSA) is 84.0 Å². The molecule has 3 rings (SSSR count). The summed E-state index contributed by atoms with van der Waals surface area (Å²) in [7, 11) is 0. The van der Waals surface area contributed by atoms with E-state index in [-0.39, 0.29) is 24.9 Å². The Morgan fingerprint density at radius 2 is 2.00 bits per heavy atom. The molecule has 1 heterocycles. The van der Waals surface area contributed by atoms with Gasteiger partial charge in [-0.05, 0) is 30.4 Å². The minimum Gasteiger partial charge on any atom is -0.353 e. The number of nitrogens with one attached hydrogen (secondary N) is 2. The van der Waals surface area contributed by atoms with Gasteiger partial charge in [-0.2, -0.15) is 0 Å². The lowest BCUT2D eigenvalue weighted by molar-refractivity contribution is -0.122. The van der Waals surface area contributed by atoms with Crippen molar-refractivity contribution in [3.63, 3.8) is 0 Å². The Kier molecular flexibility index (Phi) is 5.06. The van der Waals surface area contributed by atoms with E-state index in [4.69, 9.17) is 0 Å². The summed E-state index contributed by atoms with van der Waals surface area (Å²) in [5.41, 5.74) is -0.314. The summed E-state index contributed by atoms with van der Waals surface area (Å²) >= 11 is 0. The molecule has 3 atom stereocenters. The van der Waals surface area contributed by atoms with Crippen LogP contribution in [-0.2, 0) is 11.3 Å². The van der Waals surface area contributed by atoms with Gasteiger partial charge in [0.15, 0.2) is 0 Å². The van der Waals surface area contributed by atoms with Gasteiger partial charge in [-0.3, -0.25) is 19.1 Å². The first kappa shape index (κ1) is 17.5. The number of aromatic amines is 1. The van der Waals surface area contributed by atoms with Gasteiger partial charge in [-0.25, -0.2) is 4.79 Å². The van der Waals surface area contributed by atoms with Gasteiger partial charge in [0, 0.05) is 19.0 Å². The van der Waals surface area contributed by atoms with Crippen molar-refractivity contribution < 1.29 is 4.79 Å². The van der Waals surface area contributed by atoms with E-state index < -0.39 is 11.2 Å². The summed E-state index contributed by atoms with van der Waals surface area (Å²) < 4.78 is 1.46. The Hall–Kier alpha value is -2.37. The van der Waals surface area contributed by atoms with Crippen molar-refractivity contribution in [2.75, 3.05) is 0 Å². The highest BCUT2D eigenvalue weighted by atomic mass is 16.2. The van der Waals surface area contributed by atoms with Crippen LogP contribution in [0.3, 0.4) is 0 Å². The first-order valence-electron chi connectivity index (χ1n) is 8.98. The number of aryl methyl sites for hydroxylation is 1. The first-order valence-corrected chi connectivity index (χ1v) is 8.98. The van der Waals surface area contributed by atoms with Crippen LogP contribution in [-0.4, -0.2) is 21.5 Å². The SMILES string of the molecule is C[C@H]1[C@H](C)CCC[C@@H]1NC(=O)CCn1c(=O)[nH]c(=O)c2ccccc21. The number of H-pyrrole nitrogens is 1. The molecule has 1 fully saturated rings. The van der Waals surface area contributed by atoms with E-state index in [1.165, 1.54) is 11.0 Å². The third kappa shape index (κ3) is 3.67. The molecule has 0 bridgehead atoms. The highest BCUT2D eigenvalue weighted by molar-refractivity contribution is 5.79. The largest absolute Gasteiger partial charge is 0.353 e. The lowest BCUT2D eigenvalue weighted by Gasteiger charge is -2.34. The fourth-order valence-corrected chi connectivity index (χ4v) is 3.74. The molecular formula is C19H25N3O3. The number of aromatic nitrogens is 2. The van der Waals surface area contributed by atoms with Gasteiger partial charge in [0.1, 0.15) is 0 Å². The van der Waals surface area contributed by atoms with E-state index in [9.17, 15) is 14.4 Å². The number of benzene rings is 1. The Morgan fingerprint density at radius 1 is 1.24 bits per heavy atom. The molecule has 1 amide bonds. The molecule has 0 radical (unpaired) electrons. The molecule has 1 aromatic carbocycles. The normalized spacial score (nSPS) is 23.5.